The lowest BCUT2D eigenvalue weighted by atomic mass is 9.87. The van der Waals surface area contributed by atoms with Crippen LogP contribution in [0.5, 0.6) is 0 Å². The molecule has 0 aromatic carbocycles. The first-order valence-corrected chi connectivity index (χ1v) is 8.08. The van der Waals surface area contributed by atoms with Crippen molar-refractivity contribution in [2.45, 2.75) is 64.5 Å². The maximum atomic E-state index is 12.9. The number of hydrogen-bond acceptors (Lipinski definition) is 2. The van der Waals surface area contributed by atoms with Crippen LogP contribution in [0.4, 0.5) is 0 Å². The minimum absolute atomic E-state index is 0.141. The molecule has 0 aromatic heterocycles. The quantitative estimate of drug-likeness (QED) is 0.768. The Kier molecular flexibility index (Phi) is 3.84. The normalized spacial score (nSPS) is 40.2. The van der Waals surface area contributed by atoms with E-state index in [2.05, 4.69) is 18.7 Å². The third-order valence-electron chi connectivity index (χ3n) is 5.64. The molecule has 108 valence electrons. The second kappa shape index (κ2) is 5.43. The second-order valence-corrected chi connectivity index (χ2v) is 6.85. The van der Waals surface area contributed by atoms with Crippen LogP contribution in [0.3, 0.4) is 0 Å². The van der Waals surface area contributed by atoms with E-state index in [9.17, 15) is 4.79 Å². The SMILES string of the molecule is CC(C(=O)N1C(C)CC2CCCC21)C1CCCOC1. The van der Waals surface area contributed by atoms with E-state index in [1.807, 2.05) is 0 Å². The van der Waals surface area contributed by atoms with Crippen molar-refractivity contribution in [1.82, 2.24) is 4.90 Å². The average Bonchev–Trinajstić information content (AvgIpc) is 2.98. The number of likely N-dealkylation sites (tertiary alicyclic amines) is 1. The average molecular weight is 265 g/mol. The van der Waals surface area contributed by atoms with Crippen LogP contribution in [0.15, 0.2) is 0 Å². The number of amides is 1. The molecule has 5 atom stereocenters. The Labute approximate surface area is 116 Å². The van der Waals surface area contributed by atoms with Crippen LogP contribution in [-0.4, -0.2) is 36.1 Å². The number of carbonyl (C=O) groups is 1. The Morgan fingerprint density at radius 3 is 2.84 bits per heavy atom. The first-order chi connectivity index (χ1) is 9.18. The fraction of sp³-hybridized carbons (Fsp3) is 0.938. The summed E-state index contributed by atoms with van der Waals surface area (Å²) in [7, 11) is 0. The van der Waals surface area contributed by atoms with E-state index in [1.165, 1.54) is 25.7 Å². The van der Waals surface area contributed by atoms with Gasteiger partial charge in [0.25, 0.3) is 0 Å². The van der Waals surface area contributed by atoms with Crippen molar-refractivity contribution in [2.75, 3.05) is 13.2 Å². The van der Waals surface area contributed by atoms with E-state index in [1.54, 1.807) is 0 Å². The first-order valence-electron chi connectivity index (χ1n) is 8.08. The van der Waals surface area contributed by atoms with Gasteiger partial charge < -0.3 is 9.64 Å². The molecule has 5 unspecified atom stereocenters. The minimum Gasteiger partial charge on any atom is -0.381 e. The van der Waals surface area contributed by atoms with Crippen LogP contribution in [0.2, 0.25) is 0 Å². The minimum atomic E-state index is 0.141. The fourth-order valence-electron chi connectivity index (χ4n) is 4.51. The molecule has 0 aromatic rings. The number of carbonyl (C=O) groups excluding carboxylic acids is 1. The fourth-order valence-corrected chi connectivity index (χ4v) is 4.51. The van der Waals surface area contributed by atoms with Crippen LogP contribution in [0.25, 0.3) is 0 Å². The van der Waals surface area contributed by atoms with Crippen molar-refractivity contribution in [3.8, 4) is 0 Å². The number of nitrogens with zero attached hydrogens (tertiary/aromatic N) is 1. The Morgan fingerprint density at radius 1 is 1.26 bits per heavy atom. The highest BCUT2D eigenvalue weighted by molar-refractivity contribution is 5.80. The van der Waals surface area contributed by atoms with Gasteiger partial charge in [-0.25, -0.2) is 0 Å². The van der Waals surface area contributed by atoms with Crippen LogP contribution >= 0.6 is 0 Å². The molecule has 0 bridgehead atoms. The van der Waals surface area contributed by atoms with Gasteiger partial charge in [-0.2, -0.15) is 0 Å². The molecule has 3 heteroatoms. The monoisotopic (exact) mass is 265 g/mol. The molecule has 0 N–H and O–H groups in total. The van der Waals surface area contributed by atoms with Gasteiger partial charge in [-0.05, 0) is 50.9 Å². The van der Waals surface area contributed by atoms with Crippen LogP contribution in [0.1, 0.15) is 52.4 Å². The summed E-state index contributed by atoms with van der Waals surface area (Å²) in [4.78, 5) is 15.1. The molecule has 3 fully saturated rings. The molecule has 2 aliphatic heterocycles. The lowest BCUT2D eigenvalue weighted by molar-refractivity contribution is -0.141. The van der Waals surface area contributed by atoms with Crippen molar-refractivity contribution in [3.05, 3.63) is 0 Å². The van der Waals surface area contributed by atoms with Crippen molar-refractivity contribution in [3.63, 3.8) is 0 Å². The van der Waals surface area contributed by atoms with Crippen molar-refractivity contribution < 1.29 is 9.53 Å². The summed E-state index contributed by atoms with van der Waals surface area (Å²) < 4.78 is 5.56. The molecular formula is C16H27NO2. The van der Waals surface area contributed by atoms with E-state index >= 15 is 0 Å². The molecule has 2 heterocycles. The maximum Gasteiger partial charge on any atom is 0.226 e. The summed E-state index contributed by atoms with van der Waals surface area (Å²) in [5.74, 6) is 1.77. The van der Waals surface area contributed by atoms with Crippen LogP contribution in [-0.2, 0) is 9.53 Å². The van der Waals surface area contributed by atoms with Gasteiger partial charge in [0.1, 0.15) is 0 Å². The number of ether oxygens (including phenoxy) is 1. The Hall–Kier alpha value is -0.570. The largest absolute Gasteiger partial charge is 0.381 e. The zero-order valence-electron chi connectivity index (χ0n) is 12.3. The van der Waals surface area contributed by atoms with E-state index in [4.69, 9.17) is 4.74 Å². The first kappa shape index (κ1) is 13.4. The predicted molar refractivity (Wildman–Crippen MR) is 74.8 cm³/mol. The molecule has 2 saturated heterocycles. The van der Waals surface area contributed by atoms with Crippen molar-refractivity contribution in [1.29, 1.82) is 0 Å². The van der Waals surface area contributed by atoms with Crippen LogP contribution < -0.4 is 0 Å². The highest BCUT2D eigenvalue weighted by Crippen LogP contribution is 2.42. The van der Waals surface area contributed by atoms with Crippen LogP contribution in [0, 0.1) is 17.8 Å². The molecule has 3 nitrogen and oxygen atoms in total. The van der Waals surface area contributed by atoms with E-state index in [0.29, 0.717) is 23.9 Å². The van der Waals surface area contributed by atoms with Gasteiger partial charge in [0.15, 0.2) is 0 Å². The molecule has 3 aliphatic rings. The molecule has 3 rings (SSSR count). The summed E-state index contributed by atoms with van der Waals surface area (Å²) >= 11 is 0. The standard InChI is InChI=1S/C16H27NO2/c1-11-9-13-5-3-7-15(13)17(11)16(18)12(2)14-6-4-8-19-10-14/h11-15H,3-10H2,1-2H3. The number of hydrogen-bond donors (Lipinski definition) is 0. The van der Waals surface area contributed by atoms with Crippen molar-refractivity contribution in [2.24, 2.45) is 17.8 Å². The lowest BCUT2D eigenvalue weighted by Crippen LogP contribution is -2.45. The topological polar surface area (TPSA) is 29.5 Å². The second-order valence-electron chi connectivity index (χ2n) is 6.85. The summed E-state index contributed by atoms with van der Waals surface area (Å²) in [6.07, 6.45) is 7.37. The Balaban J connectivity index is 1.68. The van der Waals surface area contributed by atoms with E-state index < -0.39 is 0 Å². The van der Waals surface area contributed by atoms with Gasteiger partial charge >= 0.3 is 0 Å². The molecule has 1 aliphatic carbocycles. The highest BCUT2D eigenvalue weighted by atomic mass is 16.5. The molecular weight excluding hydrogens is 238 g/mol. The third kappa shape index (κ3) is 2.42. The molecule has 0 spiro atoms. The lowest BCUT2D eigenvalue weighted by Gasteiger charge is -2.34. The molecule has 19 heavy (non-hydrogen) atoms. The maximum absolute atomic E-state index is 12.9. The Bertz CT molecular complexity index is 338. The van der Waals surface area contributed by atoms with E-state index in [0.717, 1.165) is 32.0 Å². The zero-order chi connectivity index (χ0) is 13.4. The summed E-state index contributed by atoms with van der Waals surface area (Å²) in [6.45, 7) is 6.02. The Morgan fingerprint density at radius 2 is 2.11 bits per heavy atom. The summed E-state index contributed by atoms with van der Waals surface area (Å²) in [5.41, 5.74) is 0. The summed E-state index contributed by atoms with van der Waals surface area (Å²) in [5, 5.41) is 0. The third-order valence-corrected chi connectivity index (χ3v) is 5.64. The molecule has 0 radical (unpaired) electrons. The van der Waals surface area contributed by atoms with Crippen molar-refractivity contribution >= 4 is 5.91 Å². The van der Waals surface area contributed by atoms with Gasteiger partial charge in [-0.1, -0.05) is 13.3 Å². The van der Waals surface area contributed by atoms with Gasteiger partial charge in [-0.3, -0.25) is 4.79 Å². The summed E-state index contributed by atoms with van der Waals surface area (Å²) in [6, 6.07) is 1.00. The number of fused-ring (bicyclic) bond motifs is 1. The van der Waals surface area contributed by atoms with Gasteiger partial charge in [-0.15, -0.1) is 0 Å². The zero-order valence-corrected chi connectivity index (χ0v) is 12.3. The smallest absolute Gasteiger partial charge is 0.226 e. The predicted octanol–water partition coefficient (Wildman–Crippen LogP) is 2.84. The highest BCUT2D eigenvalue weighted by Gasteiger charge is 2.45. The van der Waals surface area contributed by atoms with Gasteiger partial charge in [0.05, 0.1) is 6.61 Å². The molecule has 1 amide bonds. The molecule has 1 saturated carbocycles. The van der Waals surface area contributed by atoms with Gasteiger partial charge in [0, 0.05) is 24.6 Å². The number of rotatable bonds is 2. The van der Waals surface area contributed by atoms with E-state index in [-0.39, 0.29) is 5.92 Å². The van der Waals surface area contributed by atoms with Gasteiger partial charge in [0.2, 0.25) is 5.91 Å².